The first-order valence-corrected chi connectivity index (χ1v) is 8.86. The topological polar surface area (TPSA) is 109 Å². The number of piperidine rings is 1. The standard InChI is InChI=1S/C18H24N4O4/c1-4-12(3)22-15-14(10-19-22)13(9-11(2)20-15)16(23)21-7-5-18(26,6-8-21)17(24)25/h9-10,12,26H,4-8H2,1-3H3,(H,24,25). The van der Waals surface area contributed by atoms with Gasteiger partial charge in [-0.1, -0.05) is 6.92 Å². The summed E-state index contributed by atoms with van der Waals surface area (Å²) < 4.78 is 1.83. The van der Waals surface area contributed by atoms with Gasteiger partial charge in [0, 0.05) is 31.6 Å². The molecule has 1 aliphatic heterocycles. The highest BCUT2D eigenvalue weighted by Crippen LogP contribution is 2.27. The number of aromatic nitrogens is 3. The Hall–Kier alpha value is -2.48. The number of carbonyl (C=O) groups excluding carboxylic acids is 1. The number of carbonyl (C=O) groups is 2. The van der Waals surface area contributed by atoms with Crippen LogP contribution in [0, 0.1) is 6.92 Å². The van der Waals surface area contributed by atoms with Crippen LogP contribution in [0.3, 0.4) is 0 Å². The molecule has 8 heteroatoms. The molecule has 1 fully saturated rings. The molecule has 2 N–H and O–H groups in total. The second kappa shape index (κ2) is 6.68. The van der Waals surface area contributed by atoms with E-state index in [0.717, 1.165) is 12.1 Å². The van der Waals surface area contributed by atoms with Crippen molar-refractivity contribution in [2.24, 2.45) is 0 Å². The molecule has 0 bridgehead atoms. The molecular weight excluding hydrogens is 336 g/mol. The van der Waals surface area contributed by atoms with E-state index in [1.807, 2.05) is 11.6 Å². The predicted octanol–water partition coefficient (Wildman–Crippen LogP) is 1.76. The van der Waals surface area contributed by atoms with Crippen molar-refractivity contribution in [1.29, 1.82) is 0 Å². The first-order valence-electron chi connectivity index (χ1n) is 8.86. The summed E-state index contributed by atoms with van der Waals surface area (Å²) in [4.78, 5) is 30.3. The van der Waals surface area contributed by atoms with Gasteiger partial charge in [-0.2, -0.15) is 5.10 Å². The number of aliphatic carboxylic acids is 1. The molecule has 1 saturated heterocycles. The van der Waals surface area contributed by atoms with Crippen molar-refractivity contribution in [2.45, 2.75) is 51.7 Å². The fourth-order valence-corrected chi connectivity index (χ4v) is 3.28. The number of amides is 1. The summed E-state index contributed by atoms with van der Waals surface area (Å²) in [6.45, 7) is 6.35. The number of aryl methyl sites for hydroxylation is 1. The summed E-state index contributed by atoms with van der Waals surface area (Å²) in [5, 5.41) is 24.3. The second-order valence-electron chi connectivity index (χ2n) is 7.02. The molecule has 8 nitrogen and oxygen atoms in total. The van der Waals surface area contributed by atoms with E-state index in [1.54, 1.807) is 17.2 Å². The van der Waals surface area contributed by atoms with E-state index in [2.05, 4.69) is 23.9 Å². The Balaban J connectivity index is 1.92. The maximum Gasteiger partial charge on any atom is 0.335 e. The van der Waals surface area contributed by atoms with E-state index in [9.17, 15) is 14.7 Å². The van der Waals surface area contributed by atoms with Gasteiger partial charge in [-0.15, -0.1) is 0 Å². The van der Waals surface area contributed by atoms with Gasteiger partial charge in [0.05, 0.1) is 23.2 Å². The zero-order valence-electron chi connectivity index (χ0n) is 15.3. The SMILES string of the molecule is CCC(C)n1ncc2c(C(=O)N3CCC(O)(C(=O)O)CC3)cc(C)nc21. The molecule has 2 aromatic heterocycles. The summed E-state index contributed by atoms with van der Waals surface area (Å²) in [6, 6.07) is 1.91. The average molecular weight is 360 g/mol. The minimum absolute atomic E-state index is 0.0212. The van der Waals surface area contributed by atoms with E-state index in [1.165, 1.54) is 0 Å². The number of rotatable bonds is 4. The lowest BCUT2D eigenvalue weighted by molar-refractivity contribution is -0.162. The molecule has 0 aliphatic carbocycles. The normalized spacial score (nSPS) is 18.1. The maximum atomic E-state index is 13.0. The third kappa shape index (κ3) is 3.05. The molecule has 3 heterocycles. The van der Waals surface area contributed by atoms with Crippen LogP contribution in [0.1, 0.15) is 55.2 Å². The molecule has 0 radical (unpaired) electrons. The van der Waals surface area contributed by atoms with Gasteiger partial charge in [0.2, 0.25) is 0 Å². The number of aliphatic hydroxyl groups is 1. The smallest absolute Gasteiger partial charge is 0.335 e. The molecule has 3 rings (SSSR count). The van der Waals surface area contributed by atoms with Gasteiger partial charge >= 0.3 is 5.97 Å². The zero-order valence-corrected chi connectivity index (χ0v) is 15.3. The Morgan fingerprint density at radius 1 is 1.35 bits per heavy atom. The number of hydrogen-bond acceptors (Lipinski definition) is 5. The van der Waals surface area contributed by atoms with Crippen LogP contribution >= 0.6 is 0 Å². The van der Waals surface area contributed by atoms with Gasteiger partial charge < -0.3 is 15.1 Å². The predicted molar refractivity (Wildman–Crippen MR) is 95.0 cm³/mol. The van der Waals surface area contributed by atoms with Crippen LogP contribution in [-0.2, 0) is 4.79 Å². The quantitative estimate of drug-likeness (QED) is 0.860. The van der Waals surface area contributed by atoms with Gasteiger partial charge in [-0.05, 0) is 26.3 Å². The van der Waals surface area contributed by atoms with E-state index in [-0.39, 0.29) is 37.9 Å². The van der Waals surface area contributed by atoms with E-state index in [0.29, 0.717) is 16.6 Å². The van der Waals surface area contributed by atoms with Gasteiger partial charge in [0.25, 0.3) is 5.91 Å². The first kappa shape index (κ1) is 18.3. The minimum Gasteiger partial charge on any atom is -0.479 e. The van der Waals surface area contributed by atoms with Crippen LogP contribution in [-0.4, -0.2) is 60.4 Å². The summed E-state index contributed by atoms with van der Waals surface area (Å²) in [7, 11) is 0. The molecule has 2 aromatic rings. The number of likely N-dealkylation sites (tertiary alicyclic amines) is 1. The van der Waals surface area contributed by atoms with Crippen LogP contribution in [0.2, 0.25) is 0 Å². The Morgan fingerprint density at radius 3 is 2.58 bits per heavy atom. The minimum atomic E-state index is -1.75. The van der Waals surface area contributed by atoms with Crippen molar-refractivity contribution >= 4 is 22.9 Å². The van der Waals surface area contributed by atoms with E-state index < -0.39 is 11.6 Å². The van der Waals surface area contributed by atoms with E-state index >= 15 is 0 Å². The van der Waals surface area contributed by atoms with Gasteiger partial charge in [-0.25, -0.2) is 14.5 Å². The molecule has 1 amide bonds. The molecule has 1 unspecified atom stereocenters. The molecule has 1 aliphatic rings. The highest BCUT2D eigenvalue weighted by Gasteiger charge is 2.40. The number of nitrogens with zero attached hydrogens (tertiary/aromatic N) is 4. The van der Waals surface area contributed by atoms with E-state index in [4.69, 9.17) is 5.11 Å². The molecule has 0 aromatic carbocycles. The monoisotopic (exact) mass is 360 g/mol. The van der Waals surface area contributed by atoms with Crippen LogP contribution in [0.4, 0.5) is 0 Å². The van der Waals surface area contributed by atoms with Crippen molar-refractivity contribution in [3.05, 3.63) is 23.5 Å². The van der Waals surface area contributed by atoms with Gasteiger partial charge in [-0.3, -0.25) is 4.79 Å². The largest absolute Gasteiger partial charge is 0.479 e. The highest BCUT2D eigenvalue weighted by atomic mass is 16.4. The first-order chi connectivity index (χ1) is 12.3. The lowest BCUT2D eigenvalue weighted by atomic mass is 9.91. The van der Waals surface area contributed by atoms with Crippen molar-refractivity contribution in [2.75, 3.05) is 13.1 Å². The molecule has 0 spiro atoms. The summed E-state index contributed by atoms with van der Waals surface area (Å²) in [6.07, 6.45) is 2.61. The Kier molecular flexibility index (Phi) is 4.70. The van der Waals surface area contributed by atoms with Crippen molar-refractivity contribution < 1.29 is 19.8 Å². The highest BCUT2D eigenvalue weighted by molar-refractivity contribution is 6.05. The third-order valence-electron chi connectivity index (χ3n) is 5.21. The van der Waals surface area contributed by atoms with Crippen molar-refractivity contribution in [3.8, 4) is 0 Å². The van der Waals surface area contributed by atoms with Crippen LogP contribution in [0.25, 0.3) is 11.0 Å². The summed E-state index contributed by atoms with van der Waals surface area (Å²) in [5.41, 5.74) is 0.177. The van der Waals surface area contributed by atoms with Crippen LogP contribution in [0.5, 0.6) is 0 Å². The third-order valence-corrected chi connectivity index (χ3v) is 5.21. The lowest BCUT2D eigenvalue weighted by Gasteiger charge is -2.35. The zero-order chi connectivity index (χ0) is 19.1. The average Bonchev–Trinajstić information content (AvgIpc) is 3.04. The fraction of sp³-hybridized carbons (Fsp3) is 0.556. The van der Waals surface area contributed by atoms with Crippen LogP contribution in [0.15, 0.2) is 12.3 Å². The number of fused-ring (bicyclic) bond motifs is 1. The number of pyridine rings is 1. The second-order valence-corrected chi connectivity index (χ2v) is 7.02. The van der Waals surface area contributed by atoms with Gasteiger partial charge in [0.1, 0.15) is 0 Å². The Bertz CT molecular complexity index is 852. The lowest BCUT2D eigenvalue weighted by Crippen LogP contribution is -2.50. The van der Waals surface area contributed by atoms with Crippen molar-refractivity contribution in [1.82, 2.24) is 19.7 Å². The molecule has 26 heavy (non-hydrogen) atoms. The summed E-state index contributed by atoms with van der Waals surface area (Å²) >= 11 is 0. The maximum absolute atomic E-state index is 13.0. The number of carboxylic acids is 1. The Labute approximate surface area is 151 Å². The van der Waals surface area contributed by atoms with Crippen LogP contribution < -0.4 is 0 Å². The molecule has 0 saturated carbocycles. The fourth-order valence-electron chi connectivity index (χ4n) is 3.28. The number of carboxylic acid groups (broad SMARTS) is 1. The molecule has 1 atom stereocenters. The Morgan fingerprint density at radius 2 is 2.00 bits per heavy atom. The molecule has 140 valence electrons. The van der Waals surface area contributed by atoms with Crippen molar-refractivity contribution in [3.63, 3.8) is 0 Å². The number of hydrogen-bond donors (Lipinski definition) is 2. The summed E-state index contributed by atoms with van der Waals surface area (Å²) in [5.74, 6) is -1.42. The van der Waals surface area contributed by atoms with Gasteiger partial charge in [0.15, 0.2) is 11.2 Å². The molecular formula is C18H24N4O4.